The molecule has 0 spiro atoms. The van der Waals surface area contributed by atoms with Crippen molar-refractivity contribution in [3.8, 4) is 16.3 Å². The van der Waals surface area contributed by atoms with Crippen molar-refractivity contribution in [1.82, 2.24) is 10.3 Å². The molecule has 0 unspecified atom stereocenters. The van der Waals surface area contributed by atoms with E-state index in [0.29, 0.717) is 13.0 Å². The smallest absolute Gasteiger partial charge is 0.226 e. The molecule has 2 aromatic heterocycles. The first-order valence-electron chi connectivity index (χ1n) is 7.77. The van der Waals surface area contributed by atoms with Crippen LogP contribution in [0.4, 0.5) is 0 Å². The lowest BCUT2D eigenvalue weighted by atomic mass is 10.0. The zero-order valence-corrected chi connectivity index (χ0v) is 14.5. The summed E-state index contributed by atoms with van der Waals surface area (Å²) in [5.41, 5.74) is 2.99. The molecule has 0 fully saturated rings. The summed E-state index contributed by atoms with van der Waals surface area (Å²) in [4.78, 5) is 17.0. The van der Waals surface area contributed by atoms with Crippen LogP contribution in [0, 0.1) is 0 Å². The molecule has 1 N–H and O–H groups in total. The molecular formula is C18H16N2O2S2. The number of hydrogen-bond acceptors (Lipinski definition) is 5. The Bertz CT molecular complexity index is 842. The second kappa shape index (κ2) is 6.75. The number of amides is 1. The molecule has 1 aliphatic heterocycles. The highest BCUT2D eigenvalue weighted by molar-refractivity contribution is 7.14. The van der Waals surface area contributed by atoms with Crippen molar-refractivity contribution in [2.24, 2.45) is 0 Å². The van der Waals surface area contributed by atoms with Crippen LogP contribution in [0.3, 0.4) is 0 Å². The van der Waals surface area contributed by atoms with Gasteiger partial charge < -0.3 is 10.1 Å². The highest BCUT2D eigenvalue weighted by Gasteiger charge is 2.22. The first-order valence-corrected chi connectivity index (χ1v) is 9.60. The van der Waals surface area contributed by atoms with Gasteiger partial charge in [0.1, 0.15) is 10.8 Å². The minimum absolute atomic E-state index is 0.00104. The van der Waals surface area contributed by atoms with Gasteiger partial charge in [-0.1, -0.05) is 18.2 Å². The fourth-order valence-electron chi connectivity index (χ4n) is 2.81. The third-order valence-corrected chi connectivity index (χ3v) is 5.58. The highest BCUT2D eigenvalue weighted by Crippen LogP contribution is 2.31. The minimum atomic E-state index is -0.00104. The number of para-hydroxylation sites is 1. The van der Waals surface area contributed by atoms with Gasteiger partial charge in [-0.15, -0.1) is 11.3 Å². The van der Waals surface area contributed by atoms with E-state index >= 15 is 0 Å². The topological polar surface area (TPSA) is 51.2 Å². The molecule has 24 heavy (non-hydrogen) atoms. The van der Waals surface area contributed by atoms with Crippen LogP contribution in [-0.4, -0.2) is 17.5 Å². The van der Waals surface area contributed by atoms with E-state index in [1.54, 1.807) is 22.7 Å². The molecule has 0 bridgehead atoms. The molecule has 122 valence electrons. The Balaban J connectivity index is 1.43. The van der Waals surface area contributed by atoms with E-state index in [2.05, 4.69) is 15.7 Å². The molecule has 0 saturated heterocycles. The van der Waals surface area contributed by atoms with Crippen molar-refractivity contribution < 1.29 is 9.53 Å². The maximum atomic E-state index is 12.4. The number of ether oxygens (including phenoxy) is 1. The van der Waals surface area contributed by atoms with Crippen LogP contribution in [0.25, 0.3) is 10.6 Å². The molecule has 0 radical (unpaired) electrons. The molecule has 1 aliphatic rings. The lowest BCUT2D eigenvalue weighted by Crippen LogP contribution is -2.33. The van der Waals surface area contributed by atoms with E-state index < -0.39 is 0 Å². The van der Waals surface area contributed by atoms with Gasteiger partial charge in [0.2, 0.25) is 5.91 Å². The molecule has 1 amide bonds. The number of thiophene rings is 1. The average molecular weight is 356 g/mol. The van der Waals surface area contributed by atoms with Gasteiger partial charge in [-0.25, -0.2) is 4.98 Å². The summed E-state index contributed by atoms with van der Waals surface area (Å²) in [6, 6.07) is 9.94. The number of thiazole rings is 1. The molecule has 6 heteroatoms. The molecule has 4 rings (SSSR count). The van der Waals surface area contributed by atoms with E-state index in [4.69, 9.17) is 4.74 Å². The number of aromatic nitrogens is 1. The lowest BCUT2D eigenvalue weighted by molar-refractivity contribution is -0.121. The van der Waals surface area contributed by atoms with E-state index in [1.165, 1.54) is 0 Å². The molecular weight excluding hydrogens is 340 g/mol. The zero-order valence-electron chi connectivity index (χ0n) is 12.9. The fraction of sp³-hybridized carbons (Fsp3) is 0.222. The number of benzene rings is 1. The molecule has 0 saturated carbocycles. The summed E-state index contributed by atoms with van der Waals surface area (Å²) < 4.78 is 5.64. The summed E-state index contributed by atoms with van der Waals surface area (Å²) in [7, 11) is 0. The number of nitrogens with one attached hydrogen (secondary N) is 1. The lowest BCUT2D eigenvalue weighted by Gasteiger charge is -2.26. The molecule has 1 atom stereocenters. The number of hydrogen-bond donors (Lipinski definition) is 1. The first kappa shape index (κ1) is 15.4. The first-order chi connectivity index (χ1) is 11.8. The van der Waals surface area contributed by atoms with Crippen LogP contribution in [0.15, 0.2) is 46.5 Å². The Hall–Kier alpha value is -2.18. The predicted molar refractivity (Wildman–Crippen MR) is 96.6 cm³/mol. The van der Waals surface area contributed by atoms with Gasteiger partial charge in [0, 0.05) is 28.3 Å². The fourth-order valence-corrected chi connectivity index (χ4v) is 4.34. The van der Waals surface area contributed by atoms with Crippen molar-refractivity contribution in [1.29, 1.82) is 0 Å². The zero-order chi connectivity index (χ0) is 16.4. The van der Waals surface area contributed by atoms with Crippen LogP contribution in [0.1, 0.15) is 23.7 Å². The Morgan fingerprint density at radius 1 is 1.29 bits per heavy atom. The van der Waals surface area contributed by atoms with E-state index in [9.17, 15) is 4.79 Å². The quantitative estimate of drug-likeness (QED) is 0.767. The molecule has 3 heterocycles. The van der Waals surface area contributed by atoms with Crippen LogP contribution in [0.5, 0.6) is 5.75 Å². The predicted octanol–water partition coefficient (Wildman–Crippen LogP) is 4.05. The third-order valence-electron chi connectivity index (χ3n) is 3.96. The highest BCUT2D eigenvalue weighted by atomic mass is 32.1. The summed E-state index contributed by atoms with van der Waals surface area (Å²) in [6.07, 6.45) is 1.10. The summed E-state index contributed by atoms with van der Waals surface area (Å²) in [6.45, 7) is 0.626. The summed E-state index contributed by atoms with van der Waals surface area (Å²) in [5.74, 6) is 0.862. The largest absolute Gasteiger partial charge is 0.493 e. The minimum Gasteiger partial charge on any atom is -0.493 e. The molecule has 4 nitrogen and oxygen atoms in total. The van der Waals surface area contributed by atoms with Gasteiger partial charge in [-0.05, 0) is 17.5 Å². The van der Waals surface area contributed by atoms with Crippen molar-refractivity contribution in [2.75, 3.05) is 6.61 Å². The van der Waals surface area contributed by atoms with Crippen LogP contribution in [0.2, 0.25) is 0 Å². The Labute approximate surface area is 148 Å². The number of rotatable bonds is 4. The molecule has 3 aromatic rings. The Kier molecular flexibility index (Phi) is 4.32. The van der Waals surface area contributed by atoms with Gasteiger partial charge in [0.25, 0.3) is 0 Å². The number of nitrogens with zero attached hydrogens (tertiary/aromatic N) is 1. The second-order valence-corrected chi connectivity index (χ2v) is 7.27. The van der Waals surface area contributed by atoms with E-state index in [0.717, 1.165) is 34.0 Å². The molecule has 0 aliphatic carbocycles. The summed E-state index contributed by atoms with van der Waals surface area (Å²) >= 11 is 3.23. The van der Waals surface area contributed by atoms with E-state index in [-0.39, 0.29) is 11.9 Å². The number of fused-ring (bicyclic) bond motifs is 1. The van der Waals surface area contributed by atoms with Crippen molar-refractivity contribution >= 4 is 28.6 Å². The summed E-state index contributed by atoms with van der Waals surface area (Å²) in [5, 5.41) is 10.2. The third kappa shape index (κ3) is 3.20. The van der Waals surface area contributed by atoms with Gasteiger partial charge in [-0.2, -0.15) is 11.3 Å². The van der Waals surface area contributed by atoms with Crippen LogP contribution >= 0.6 is 22.7 Å². The van der Waals surface area contributed by atoms with Crippen molar-refractivity contribution in [3.63, 3.8) is 0 Å². The SMILES string of the molecule is O=C(Cc1csc(-c2ccsc2)n1)N[C@H]1CCOc2ccccc21. The Morgan fingerprint density at radius 2 is 2.21 bits per heavy atom. The normalized spacial score (nSPS) is 16.2. The molecule has 1 aromatic carbocycles. The maximum absolute atomic E-state index is 12.4. The van der Waals surface area contributed by atoms with Crippen molar-refractivity contribution in [2.45, 2.75) is 18.9 Å². The van der Waals surface area contributed by atoms with Crippen molar-refractivity contribution in [3.05, 3.63) is 57.7 Å². The van der Waals surface area contributed by atoms with Crippen LogP contribution in [-0.2, 0) is 11.2 Å². The van der Waals surface area contributed by atoms with Gasteiger partial charge in [0.05, 0.1) is 24.8 Å². The average Bonchev–Trinajstić information content (AvgIpc) is 3.26. The second-order valence-electron chi connectivity index (χ2n) is 5.63. The van der Waals surface area contributed by atoms with Gasteiger partial charge in [-0.3, -0.25) is 4.79 Å². The monoisotopic (exact) mass is 356 g/mol. The van der Waals surface area contributed by atoms with E-state index in [1.807, 2.05) is 41.1 Å². The standard InChI is InChI=1S/C18H16N2O2S2/c21-17(9-13-11-24-18(19-13)12-6-8-23-10-12)20-15-5-7-22-16-4-2-1-3-14(15)16/h1-4,6,8,10-11,15H,5,7,9H2,(H,20,21)/t15-/m0/s1. The Morgan fingerprint density at radius 3 is 3.08 bits per heavy atom. The number of carbonyl (C=O) groups is 1. The maximum Gasteiger partial charge on any atom is 0.226 e. The number of carbonyl (C=O) groups excluding carboxylic acids is 1. The van der Waals surface area contributed by atoms with Crippen LogP contribution < -0.4 is 10.1 Å². The van der Waals surface area contributed by atoms with Gasteiger partial charge in [0.15, 0.2) is 0 Å². The van der Waals surface area contributed by atoms with Gasteiger partial charge >= 0.3 is 0 Å².